The zero-order chi connectivity index (χ0) is 14.2. The minimum Gasteiger partial charge on any atom is -0.328 e. The summed E-state index contributed by atoms with van der Waals surface area (Å²) in [5, 5.41) is 0. The summed E-state index contributed by atoms with van der Waals surface area (Å²) in [6.45, 7) is 6.19. The number of hydrogen-bond donors (Lipinski definition) is 1. The maximum atomic E-state index is 12.4. The molecule has 0 aromatic carbocycles. The normalized spacial score (nSPS) is 17.8. The summed E-state index contributed by atoms with van der Waals surface area (Å²) in [6.07, 6.45) is 2.20. The molecule has 5 nitrogen and oxygen atoms in total. The van der Waals surface area contributed by atoms with E-state index in [-0.39, 0.29) is 24.1 Å². The molecular formula is C14H19N3O2. The van der Waals surface area contributed by atoms with Crippen molar-refractivity contribution in [1.82, 2.24) is 9.88 Å². The molecule has 1 aliphatic heterocycles. The van der Waals surface area contributed by atoms with Crippen LogP contribution in [0.4, 0.5) is 0 Å². The highest BCUT2D eigenvalue weighted by atomic mass is 16.2. The van der Waals surface area contributed by atoms with Crippen LogP contribution in [0.25, 0.3) is 0 Å². The van der Waals surface area contributed by atoms with Crippen molar-refractivity contribution in [2.24, 2.45) is 11.7 Å². The minimum atomic E-state index is -0.664. The number of imide groups is 1. The van der Waals surface area contributed by atoms with Crippen LogP contribution in [0.5, 0.6) is 0 Å². The predicted octanol–water partition coefficient (Wildman–Crippen LogP) is 1.44. The van der Waals surface area contributed by atoms with E-state index >= 15 is 0 Å². The van der Waals surface area contributed by atoms with Gasteiger partial charge in [0.05, 0.1) is 11.1 Å². The van der Waals surface area contributed by atoms with E-state index in [9.17, 15) is 9.59 Å². The zero-order valence-electron chi connectivity index (χ0n) is 11.5. The highest BCUT2D eigenvalue weighted by Crippen LogP contribution is 2.31. The molecule has 1 atom stereocenters. The highest BCUT2D eigenvalue weighted by molar-refractivity contribution is 6.20. The third-order valence-corrected chi connectivity index (χ3v) is 3.47. The standard InChI is InChI=1S/C14H19N3O2/c1-9(2)7-14(3,8-15)17-12(18)10-5-4-6-16-11(10)13(17)19/h4-6,9H,7-8,15H2,1-3H3. The Balaban J connectivity index is 2.43. The van der Waals surface area contributed by atoms with E-state index in [1.807, 2.05) is 20.8 Å². The van der Waals surface area contributed by atoms with E-state index in [1.54, 1.807) is 12.1 Å². The van der Waals surface area contributed by atoms with Crippen molar-refractivity contribution in [2.75, 3.05) is 6.54 Å². The third-order valence-electron chi connectivity index (χ3n) is 3.47. The molecular weight excluding hydrogens is 242 g/mol. The Morgan fingerprint density at radius 3 is 2.58 bits per heavy atom. The second-order valence-electron chi connectivity index (χ2n) is 5.64. The van der Waals surface area contributed by atoms with Gasteiger partial charge in [-0.3, -0.25) is 19.5 Å². The second-order valence-corrected chi connectivity index (χ2v) is 5.64. The number of nitrogens with zero attached hydrogens (tertiary/aromatic N) is 2. The molecule has 2 amide bonds. The molecule has 0 bridgehead atoms. The van der Waals surface area contributed by atoms with Crippen molar-refractivity contribution in [1.29, 1.82) is 0 Å². The third kappa shape index (κ3) is 2.14. The van der Waals surface area contributed by atoms with E-state index < -0.39 is 5.54 Å². The molecule has 102 valence electrons. The highest BCUT2D eigenvalue weighted by Gasteiger charge is 2.46. The summed E-state index contributed by atoms with van der Waals surface area (Å²) in [5.74, 6) is -0.290. The van der Waals surface area contributed by atoms with Gasteiger partial charge in [0.15, 0.2) is 0 Å². The molecule has 1 aliphatic rings. The molecule has 5 heteroatoms. The lowest BCUT2D eigenvalue weighted by Crippen LogP contribution is -2.55. The van der Waals surface area contributed by atoms with Crippen molar-refractivity contribution in [3.8, 4) is 0 Å². The van der Waals surface area contributed by atoms with Crippen LogP contribution in [0.3, 0.4) is 0 Å². The number of hydrogen-bond acceptors (Lipinski definition) is 4. The lowest BCUT2D eigenvalue weighted by molar-refractivity contribution is 0.0425. The van der Waals surface area contributed by atoms with E-state index in [0.717, 1.165) is 0 Å². The molecule has 1 aromatic rings. The first-order valence-corrected chi connectivity index (χ1v) is 6.44. The number of nitrogens with two attached hydrogens (primary N) is 1. The fraction of sp³-hybridized carbons (Fsp3) is 0.500. The lowest BCUT2D eigenvalue weighted by Gasteiger charge is -2.37. The van der Waals surface area contributed by atoms with E-state index in [0.29, 0.717) is 17.9 Å². The fourth-order valence-electron chi connectivity index (χ4n) is 2.70. The Bertz CT molecular complexity index is 492. The van der Waals surface area contributed by atoms with Gasteiger partial charge in [0.2, 0.25) is 0 Å². The summed E-state index contributed by atoms with van der Waals surface area (Å²) in [7, 11) is 0. The lowest BCUT2D eigenvalue weighted by atomic mass is 9.89. The molecule has 0 fully saturated rings. The molecule has 1 aromatic heterocycles. The van der Waals surface area contributed by atoms with Gasteiger partial charge in [0.25, 0.3) is 11.8 Å². The van der Waals surface area contributed by atoms with Crippen LogP contribution in [0.2, 0.25) is 0 Å². The fourth-order valence-corrected chi connectivity index (χ4v) is 2.70. The van der Waals surface area contributed by atoms with Gasteiger partial charge in [0, 0.05) is 12.7 Å². The van der Waals surface area contributed by atoms with Crippen molar-refractivity contribution in [3.05, 3.63) is 29.6 Å². The largest absolute Gasteiger partial charge is 0.328 e. The topological polar surface area (TPSA) is 76.3 Å². The van der Waals surface area contributed by atoms with Crippen LogP contribution in [0.1, 0.15) is 48.0 Å². The predicted molar refractivity (Wildman–Crippen MR) is 71.7 cm³/mol. The first kappa shape index (κ1) is 13.7. The van der Waals surface area contributed by atoms with Crippen LogP contribution in [0, 0.1) is 5.92 Å². The first-order chi connectivity index (χ1) is 8.90. The molecule has 1 unspecified atom stereocenters. The summed E-state index contributed by atoms with van der Waals surface area (Å²) in [6, 6.07) is 3.30. The number of pyridine rings is 1. The maximum Gasteiger partial charge on any atom is 0.280 e. The maximum absolute atomic E-state index is 12.4. The summed E-state index contributed by atoms with van der Waals surface area (Å²) in [5.41, 5.74) is 5.77. The van der Waals surface area contributed by atoms with Gasteiger partial charge in [-0.2, -0.15) is 0 Å². The molecule has 2 rings (SSSR count). The van der Waals surface area contributed by atoms with E-state index in [2.05, 4.69) is 4.98 Å². The van der Waals surface area contributed by atoms with E-state index in [4.69, 9.17) is 5.73 Å². The SMILES string of the molecule is CC(C)CC(C)(CN)N1C(=O)c2cccnc2C1=O. The Morgan fingerprint density at radius 1 is 1.37 bits per heavy atom. The van der Waals surface area contributed by atoms with Gasteiger partial charge in [-0.1, -0.05) is 13.8 Å². The quantitative estimate of drug-likeness (QED) is 0.832. The number of amides is 2. The van der Waals surface area contributed by atoms with Crippen molar-refractivity contribution in [3.63, 3.8) is 0 Å². The molecule has 19 heavy (non-hydrogen) atoms. The summed E-state index contributed by atoms with van der Waals surface area (Å²) >= 11 is 0. The van der Waals surface area contributed by atoms with Crippen molar-refractivity contribution in [2.45, 2.75) is 32.7 Å². The van der Waals surface area contributed by atoms with Crippen LogP contribution in [-0.2, 0) is 0 Å². The smallest absolute Gasteiger partial charge is 0.280 e. The summed E-state index contributed by atoms with van der Waals surface area (Å²) in [4.78, 5) is 30.1. The molecule has 0 aliphatic carbocycles. The molecule has 0 spiro atoms. The van der Waals surface area contributed by atoms with Crippen molar-refractivity contribution >= 4 is 11.8 Å². The zero-order valence-corrected chi connectivity index (χ0v) is 11.5. The molecule has 0 saturated carbocycles. The van der Waals surface area contributed by atoms with Gasteiger partial charge in [-0.15, -0.1) is 0 Å². The monoisotopic (exact) mass is 261 g/mol. The molecule has 2 N–H and O–H groups in total. The molecule has 0 radical (unpaired) electrons. The molecule has 2 heterocycles. The first-order valence-electron chi connectivity index (χ1n) is 6.44. The van der Waals surface area contributed by atoms with Crippen LogP contribution in [-0.4, -0.2) is 33.8 Å². The van der Waals surface area contributed by atoms with Crippen LogP contribution >= 0.6 is 0 Å². The molecule has 0 saturated heterocycles. The van der Waals surface area contributed by atoms with E-state index in [1.165, 1.54) is 11.1 Å². The van der Waals surface area contributed by atoms with Gasteiger partial charge < -0.3 is 5.73 Å². The van der Waals surface area contributed by atoms with Gasteiger partial charge in [-0.25, -0.2) is 0 Å². The Kier molecular flexibility index (Phi) is 3.41. The van der Waals surface area contributed by atoms with Gasteiger partial charge in [0.1, 0.15) is 5.69 Å². The number of rotatable bonds is 4. The number of aromatic nitrogens is 1. The second kappa shape index (κ2) is 4.74. The van der Waals surface area contributed by atoms with Crippen LogP contribution < -0.4 is 5.73 Å². The van der Waals surface area contributed by atoms with Gasteiger partial charge >= 0.3 is 0 Å². The van der Waals surface area contributed by atoms with Crippen LogP contribution in [0.15, 0.2) is 18.3 Å². The number of fused-ring (bicyclic) bond motifs is 1. The Hall–Kier alpha value is -1.75. The Labute approximate surface area is 112 Å². The summed E-state index contributed by atoms with van der Waals surface area (Å²) < 4.78 is 0. The average Bonchev–Trinajstić information content (AvgIpc) is 2.62. The average molecular weight is 261 g/mol. The minimum absolute atomic E-state index is 0.232. The van der Waals surface area contributed by atoms with Crippen molar-refractivity contribution < 1.29 is 9.59 Å². The van der Waals surface area contributed by atoms with Gasteiger partial charge in [-0.05, 0) is 31.4 Å². The Morgan fingerprint density at radius 2 is 2.05 bits per heavy atom. The number of carbonyl (C=O) groups is 2. The number of carbonyl (C=O) groups excluding carboxylic acids is 2.